The number of aryl methyl sites for hydroxylation is 1. The van der Waals surface area contributed by atoms with E-state index in [0.717, 1.165) is 37.7 Å². The molecule has 10 heteroatoms. The Morgan fingerprint density at radius 2 is 2.05 bits per heavy atom. The number of piperidine rings is 1. The van der Waals surface area contributed by atoms with Crippen LogP contribution in [0.15, 0.2) is 61.6 Å². The summed E-state index contributed by atoms with van der Waals surface area (Å²) in [6, 6.07) is 7.69. The van der Waals surface area contributed by atoms with Crippen molar-refractivity contribution in [2.24, 2.45) is 0 Å². The molecule has 2 amide bonds. The summed E-state index contributed by atoms with van der Waals surface area (Å²) in [6.07, 6.45) is 10.6. The smallest absolute Gasteiger partial charge is 0.259 e. The van der Waals surface area contributed by atoms with Crippen LogP contribution in [0.3, 0.4) is 0 Å². The van der Waals surface area contributed by atoms with E-state index in [0.29, 0.717) is 35.0 Å². The fraction of sp³-hybridized carbons (Fsp3) is 0.276. The van der Waals surface area contributed by atoms with E-state index in [2.05, 4.69) is 28.8 Å². The molecule has 39 heavy (non-hydrogen) atoms. The molecule has 4 aromatic rings. The molecular weight excluding hydrogens is 497 g/mol. The molecule has 200 valence electrons. The lowest BCUT2D eigenvalue weighted by atomic mass is 10.0. The molecule has 3 aromatic heterocycles. The van der Waals surface area contributed by atoms with E-state index in [-0.39, 0.29) is 23.3 Å². The fourth-order valence-electron chi connectivity index (χ4n) is 5.12. The van der Waals surface area contributed by atoms with E-state index in [4.69, 9.17) is 10.7 Å². The van der Waals surface area contributed by atoms with Crippen molar-refractivity contribution in [3.05, 3.63) is 84.3 Å². The first-order valence-electron chi connectivity index (χ1n) is 13.0. The second-order valence-corrected chi connectivity index (χ2v) is 9.55. The summed E-state index contributed by atoms with van der Waals surface area (Å²) in [7, 11) is 0. The number of carbonyl (C=O) groups is 2. The number of nitrogens with zero attached hydrogens (tertiary/aromatic N) is 5. The van der Waals surface area contributed by atoms with Crippen molar-refractivity contribution >= 4 is 29.0 Å². The Kier molecular flexibility index (Phi) is 7.36. The first kappa shape index (κ1) is 26.0. The topological polar surface area (TPSA) is 119 Å². The molecular formula is C29H30FN7O2. The Morgan fingerprint density at radius 1 is 1.21 bits per heavy atom. The Hall–Kier alpha value is -4.60. The van der Waals surface area contributed by atoms with E-state index < -0.39 is 11.7 Å². The molecule has 0 bridgehead atoms. The predicted molar refractivity (Wildman–Crippen MR) is 147 cm³/mol. The third-order valence-electron chi connectivity index (χ3n) is 6.96. The van der Waals surface area contributed by atoms with Gasteiger partial charge < -0.3 is 16.0 Å². The summed E-state index contributed by atoms with van der Waals surface area (Å²) >= 11 is 0. The Morgan fingerprint density at radius 3 is 2.82 bits per heavy atom. The minimum atomic E-state index is -0.707. The molecule has 0 radical (unpaired) electrons. The number of hydrogen-bond donors (Lipinski definition) is 2. The van der Waals surface area contributed by atoms with Crippen LogP contribution in [0.5, 0.6) is 0 Å². The lowest BCUT2D eigenvalue weighted by molar-refractivity contribution is -0.129. The van der Waals surface area contributed by atoms with Gasteiger partial charge in [-0.15, -0.1) is 0 Å². The van der Waals surface area contributed by atoms with Crippen molar-refractivity contribution in [2.75, 3.05) is 17.6 Å². The third-order valence-corrected chi connectivity index (χ3v) is 6.96. The number of imidazole rings is 1. The lowest BCUT2D eigenvalue weighted by Crippen LogP contribution is -2.38. The number of anilines is 2. The van der Waals surface area contributed by atoms with Crippen LogP contribution in [0, 0.1) is 5.82 Å². The Labute approximate surface area is 225 Å². The average Bonchev–Trinajstić information content (AvgIpc) is 3.34. The van der Waals surface area contributed by atoms with Gasteiger partial charge in [0.25, 0.3) is 5.91 Å². The molecule has 1 aliphatic heterocycles. The number of hydrogen-bond acceptors (Lipinski definition) is 6. The Bertz CT molecular complexity index is 1560. The number of benzene rings is 1. The van der Waals surface area contributed by atoms with Crippen LogP contribution in [0.25, 0.3) is 16.8 Å². The van der Waals surface area contributed by atoms with Gasteiger partial charge in [-0.3, -0.25) is 14.0 Å². The van der Waals surface area contributed by atoms with Crippen molar-refractivity contribution in [2.45, 2.75) is 45.1 Å². The van der Waals surface area contributed by atoms with E-state index in [9.17, 15) is 9.59 Å². The summed E-state index contributed by atoms with van der Waals surface area (Å²) < 4.78 is 17.1. The van der Waals surface area contributed by atoms with Gasteiger partial charge in [0.05, 0.1) is 11.6 Å². The maximum Gasteiger partial charge on any atom is 0.259 e. The quantitative estimate of drug-likeness (QED) is 0.328. The van der Waals surface area contributed by atoms with Gasteiger partial charge >= 0.3 is 0 Å². The molecule has 1 aliphatic rings. The SMILES string of the molecule is C=CC(=O)N1CCCC[C@H]1c1nc(-c2ccc(C(=O)Nc3cc(CCC)ccn3)c(F)c2)c2c(N)nccn12. The fourth-order valence-corrected chi connectivity index (χ4v) is 5.12. The molecule has 0 spiro atoms. The molecule has 1 aromatic carbocycles. The first-order valence-corrected chi connectivity index (χ1v) is 13.0. The molecule has 0 saturated carbocycles. The van der Waals surface area contributed by atoms with Crippen LogP contribution in [-0.2, 0) is 11.2 Å². The maximum atomic E-state index is 15.3. The highest BCUT2D eigenvalue weighted by Crippen LogP contribution is 2.36. The largest absolute Gasteiger partial charge is 0.382 e. The number of nitrogens with two attached hydrogens (primary N) is 1. The monoisotopic (exact) mass is 527 g/mol. The minimum Gasteiger partial charge on any atom is -0.382 e. The van der Waals surface area contributed by atoms with Crippen molar-refractivity contribution < 1.29 is 14.0 Å². The summed E-state index contributed by atoms with van der Waals surface area (Å²) in [6.45, 7) is 6.30. The molecule has 1 fully saturated rings. The predicted octanol–water partition coefficient (Wildman–Crippen LogP) is 4.96. The summed E-state index contributed by atoms with van der Waals surface area (Å²) in [5.41, 5.74) is 8.55. The molecule has 9 nitrogen and oxygen atoms in total. The maximum absolute atomic E-state index is 15.3. The highest BCUT2D eigenvalue weighted by atomic mass is 19.1. The van der Waals surface area contributed by atoms with E-state index in [1.54, 1.807) is 35.6 Å². The van der Waals surface area contributed by atoms with Gasteiger partial charge in [-0.05, 0) is 61.6 Å². The number of pyridine rings is 1. The standard InChI is InChI=1S/C29H30FN7O2/c1-3-7-18-11-12-32-23(16-18)34-29(39)20-10-9-19(17-21(20)30)25-26-27(31)33-13-15-37(26)28(35-25)22-8-5-6-14-36(22)24(38)4-2/h4,9-13,15-17,22H,2-3,5-8,14H2,1H3,(H2,31,33)(H,32,34,39)/t22-/m0/s1. The number of nitrogens with one attached hydrogen (secondary N) is 1. The van der Waals surface area contributed by atoms with Crippen molar-refractivity contribution in [1.82, 2.24) is 24.3 Å². The van der Waals surface area contributed by atoms with Gasteiger partial charge in [-0.1, -0.05) is 26.0 Å². The van der Waals surface area contributed by atoms with Crippen LogP contribution < -0.4 is 11.1 Å². The second-order valence-electron chi connectivity index (χ2n) is 9.55. The minimum absolute atomic E-state index is 0.119. The van der Waals surface area contributed by atoms with Crippen molar-refractivity contribution in [1.29, 1.82) is 0 Å². The number of nitrogen functional groups attached to an aromatic ring is 1. The highest BCUT2D eigenvalue weighted by Gasteiger charge is 2.31. The Balaban J connectivity index is 1.50. The van der Waals surface area contributed by atoms with Crippen LogP contribution in [-0.4, -0.2) is 42.6 Å². The second kappa shape index (κ2) is 11.0. The zero-order valence-corrected chi connectivity index (χ0v) is 21.7. The van der Waals surface area contributed by atoms with Crippen LogP contribution >= 0.6 is 0 Å². The molecule has 3 N–H and O–H groups in total. The number of rotatable bonds is 7. The number of likely N-dealkylation sites (tertiary alicyclic amines) is 1. The van der Waals surface area contributed by atoms with Gasteiger partial charge in [0, 0.05) is 30.7 Å². The van der Waals surface area contributed by atoms with Gasteiger partial charge in [0.1, 0.15) is 34.5 Å². The summed E-state index contributed by atoms with van der Waals surface area (Å²) in [5.74, 6) is -0.271. The van der Waals surface area contributed by atoms with Crippen molar-refractivity contribution in [3.63, 3.8) is 0 Å². The summed E-state index contributed by atoms with van der Waals surface area (Å²) in [4.78, 5) is 40.5. The number of aromatic nitrogens is 4. The first-order chi connectivity index (χ1) is 18.9. The van der Waals surface area contributed by atoms with Crippen LogP contribution in [0.4, 0.5) is 16.0 Å². The number of carbonyl (C=O) groups excluding carboxylic acids is 2. The molecule has 0 aliphatic carbocycles. The van der Waals surface area contributed by atoms with E-state index in [1.807, 2.05) is 10.5 Å². The van der Waals surface area contributed by atoms with Crippen LogP contribution in [0.1, 0.15) is 60.4 Å². The van der Waals surface area contributed by atoms with E-state index >= 15 is 4.39 Å². The molecule has 4 heterocycles. The van der Waals surface area contributed by atoms with Gasteiger partial charge in [0.15, 0.2) is 0 Å². The molecule has 0 unspecified atom stereocenters. The zero-order valence-electron chi connectivity index (χ0n) is 21.7. The average molecular weight is 528 g/mol. The molecule has 1 atom stereocenters. The number of halogens is 1. The number of amides is 2. The van der Waals surface area contributed by atoms with Crippen LogP contribution in [0.2, 0.25) is 0 Å². The third kappa shape index (κ3) is 5.09. The number of fused-ring (bicyclic) bond motifs is 1. The van der Waals surface area contributed by atoms with E-state index in [1.165, 1.54) is 18.2 Å². The molecule has 5 rings (SSSR count). The van der Waals surface area contributed by atoms with Gasteiger partial charge in [-0.2, -0.15) is 0 Å². The summed E-state index contributed by atoms with van der Waals surface area (Å²) in [5, 5.41) is 2.68. The highest BCUT2D eigenvalue weighted by molar-refractivity contribution is 6.04. The zero-order chi connectivity index (χ0) is 27.5. The lowest BCUT2D eigenvalue weighted by Gasteiger charge is -2.34. The van der Waals surface area contributed by atoms with Gasteiger partial charge in [0.2, 0.25) is 5.91 Å². The normalized spacial score (nSPS) is 15.3. The molecule has 1 saturated heterocycles. The van der Waals surface area contributed by atoms with Crippen molar-refractivity contribution in [3.8, 4) is 11.3 Å². The van der Waals surface area contributed by atoms with Gasteiger partial charge in [-0.25, -0.2) is 19.3 Å².